The Bertz CT molecular complexity index is 1230. The van der Waals surface area contributed by atoms with E-state index in [0.717, 1.165) is 27.0 Å². The molecule has 0 radical (unpaired) electrons. The van der Waals surface area contributed by atoms with Crippen LogP contribution in [0.15, 0.2) is 76.1 Å². The normalized spacial score (nSPS) is 14.8. The molecule has 1 aliphatic heterocycles. The van der Waals surface area contributed by atoms with E-state index in [1.165, 1.54) is 23.9 Å². The highest BCUT2D eigenvalue weighted by atomic mass is 79.9. The maximum absolute atomic E-state index is 13.2. The van der Waals surface area contributed by atoms with Crippen molar-refractivity contribution in [1.29, 1.82) is 0 Å². The van der Waals surface area contributed by atoms with Gasteiger partial charge in [-0.25, -0.2) is 4.39 Å². The van der Waals surface area contributed by atoms with Gasteiger partial charge in [0.1, 0.15) is 18.2 Å². The van der Waals surface area contributed by atoms with Crippen molar-refractivity contribution in [3.63, 3.8) is 0 Å². The Morgan fingerprint density at radius 3 is 2.45 bits per heavy atom. The van der Waals surface area contributed by atoms with Crippen LogP contribution in [0.2, 0.25) is 0 Å². The standard InChI is InChI=1S/C25H20BrFN2O2S2/c1-28(2)20-8-10-21(11-9-20)29-24(30)23(33-25(29)32)14-17-13-18(26)5-12-22(17)31-15-16-3-6-19(27)7-4-16/h3-14H,15H2,1-2H3/b23-14+. The highest BCUT2D eigenvalue weighted by Crippen LogP contribution is 2.38. The van der Waals surface area contributed by atoms with E-state index in [9.17, 15) is 9.18 Å². The van der Waals surface area contributed by atoms with Crippen LogP contribution in [0.3, 0.4) is 0 Å². The highest BCUT2D eigenvalue weighted by molar-refractivity contribution is 9.10. The summed E-state index contributed by atoms with van der Waals surface area (Å²) in [5.74, 6) is 0.150. The molecule has 0 saturated carbocycles. The molecule has 1 saturated heterocycles. The smallest absolute Gasteiger partial charge is 0.270 e. The van der Waals surface area contributed by atoms with Crippen molar-refractivity contribution in [2.45, 2.75) is 6.61 Å². The molecule has 0 N–H and O–H groups in total. The first-order valence-corrected chi connectivity index (χ1v) is 12.1. The predicted octanol–water partition coefficient (Wildman–Crippen LogP) is 6.64. The minimum atomic E-state index is -0.290. The van der Waals surface area contributed by atoms with E-state index >= 15 is 0 Å². The van der Waals surface area contributed by atoms with E-state index < -0.39 is 0 Å². The first-order valence-electron chi connectivity index (χ1n) is 10.0. The summed E-state index contributed by atoms with van der Waals surface area (Å²) in [6.07, 6.45) is 1.79. The Labute approximate surface area is 210 Å². The first kappa shape index (κ1) is 23.5. The third kappa shape index (κ3) is 5.46. The van der Waals surface area contributed by atoms with Crippen LogP contribution in [-0.4, -0.2) is 24.3 Å². The average molecular weight is 543 g/mol. The monoisotopic (exact) mass is 542 g/mol. The molecule has 0 spiro atoms. The van der Waals surface area contributed by atoms with Crippen LogP contribution in [0.5, 0.6) is 5.75 Å². The maximum Gasteiger partial charge on any atom is 0.270 e. The molecule has 0 atom stereocenters. The second-order valence-corrected chi connectivity index (χ2v) is 10.1. The Morgan fingerprint density at radius 1 is 1.09 bits per heavy atom. The van der Waals surface area contributed by atoms with Gasteiger partial charge in [0.2, 0.25) is 0 Å². The number of thioether (sulfide) groups is 1. The summed E-state index contributed by atoms with van der Waals surface area (Å²) in [6.45, 7) is 0.280. The second kappa shape index (κ2) is 10.1. The van der Waals surface area contributed by atoms with Gasteiger partial charge < -0.3 is 9.64 Å². The molecule has 0 aliphatic carbocycles. The summed E-state index contributed by atoms with van der Waals surface area (Å²) >= 11 is 10.3. The summed E-state index contributed by atoms with van der Waals surface area (Å²) in [5.41, 5.74) is 3.36. The van der Waals surface area contributed by atoms with Crippen LogP contribution in [0.25, 0.3) is 6.08 Å². The first-order chi connectivity index (χ1) is 15.8. The number of amides is 1. The SMILES string of the molecule is CN(C)c1ccc(N2C(=O)/C(=C\c3cc(Br)ccc3OCc3ccc(F)cc3)SC2=S)cc1. The minimum absolute atomic E-state index is 0.174. The molecule has 0 unspecified atom stereocenters. The quantitative estimate of drug-likeness (QED) is 0.257. The zero-order chi connectivity index (χ0) is 23.5. The number of nitrogens with zero attached hydrogens (tertiary/aromatic N) is 2. The van der Waals surface area contributed by atoms with E-state index in [1.807, 2.05) is 61.5 Å². The largest absolute Gasteiger partial charge is 0.488 e. The van der Waals surface area contributed by atoms with Gasteiger partial charge in [0.05, 0.1) is 10.6 Å². The fourth-order valence-corrected chi connectivity index (χ4v) is 4.91. The van der Waals surface area contributed by atoms with Crippen molar-refractivity contribution in [2.75, 3.05) is 23.9 Å². The molecule has 33 heavy (non-hydrogen) atoms. The predicted molar refractivity (Wildman–Crippen MR) is 141 cm³/mol. The fourth-order valence-electron chi connectivity index (χ4n) is 3.24. The zero-order valence-electron chi connectivity index (χ0n) is 17.9. The summed E-state index contributed by atoms with van der Waals surface area (Å²) in [4.78, 5) is 17.3. The van der Waals surface area contributed by atoms with Crippen LogP contribution in [0.1, 0.15) is 11.1 Å². The van der Waals surface area contributed by atoms with E-state index in [4.69, 9.17) is 17.0 Å². The Hall–Kier alpha value is -2.68. The van der Waals surface area contributed by atoms with Crippen LogP contribution >= 0.6 is 39.9 Å². The van der Waals surface area contributed by atoms with Crippen molar-refractivity contribution in [1.82, 2.24) is 0 Å². The Morgan fingerprint density at radius 2 is 1.79 bits per heavy atom. The van der Waals surface area contributed by atoms with Gasteiger partial charge in [-0.2, -0.15) is 0 Å². The number of hydrogen-bond donors (Lipinski definition) is 0. The van der Waals surface area contributed by atoms with Crippen LogP contribution in [0.4, 0.5) is 15.8 Å². The minimum Gasteiger partial charge on any atom is -0.488 e. The number of anilines is 2. The molecule has 1 amide bonds. The summed E-state index contributed by atoms with van der Waals surface area (Å²) in [6, 6.07) is 19.4. The van der Waals surface area contributed by atoms with Crippen molar-refractivity contribution in [2.24, 2.45) is 0 Å². The zero-order valence-corrected chi connectivity index (χ0v) is 21.1. The highest BCUT2D eigenvalue weighted by Gasteiger charge is 2.33. The molecule has 168 valence electrons. The van der Waals surface area contributed by atoms with Gasteiger partial charge in [-0.1, -0.05) is 52.0 Å². The molecule has 1 aliphatic rings. The molecule has 4 rings (SSSR count). The molecule has 1 fully saturated rings. The van der Waals surface area contributed by atoms with Crippen molar-refractivity contribution >= 4 is 67.6 Å². The number of thiocarbonyl (C=S) groups is 1. The van der Waals surface area contributed by atoms with Gasteiger partial charge in [-0.3, -0.25) is 9.69 Å². The molecule has 3 aromatic carbocycles. The number of hydrogen-bond acceptors (Lipinski definition) is 5. The Kier molecular flexibility index (Phi) is 7.17. The van der Waals surface area contributed by atoms with Crippen LogP contribution < -0.4 is 14.5 Å². The lowest BCUT2D eigenvalue weighted by molar-refractivity contribution is -0.113. The lowest BCUT2D eigenvalue weighted by Crippen LogP contribution is -2.27. The lowest BCUT2D eigenvalue weighted by atomic mass is 10.1. The molecular weight excluding hydrogens is 523 g/mol. The molecule has 0 aromatic heterocycles. The van der Waals surface area contributed by atoms with Crippen LogP contribution in [0, 0.1) is 5.82 Å². The van der Waals surface area contributed by atoms with Gasteiger partial charge in [-0.05, 0) is 66.2 Å². The molecule has 3 aromatic rings. The number of carbonyl (C=O) groups is 1. The number of carbonyl (C=O) groups excluding carboxylic acids is 1. The average Bonchev–Trinajstić information content (AvgIpc) is 3.07. The number of halogens is 2. The number of benzene rings is 3. The summed E-state index contributed by atoms with van der Waals surface area (Å²) in [7, 11) is 3.93. The van der Waals surface area contributed by atoms with Crippen molar-refractivity contribution in [3.8, 4) is 5.75 Å². The van der Waals surface area contributed by atoms with Gasteiger partial charge in [0.25, 0.3) is 5.91 Å². The van der Waals surface area contributed by atoms with Gasteiger partial charge in [-0.15, -0.1) is 0 Å². The maximum atomic E-state index is 13.2. The number of ether oxygens (including phenoxy) is 1. The molecule has 4 nitrogen and oxygen atoms in total. The van der Waals surface area contributed by atoms with E-state index in [1.54, 1.807) is 23.1 Å². The topological polar surface area (TPSA) is 32.8 Å². The number of rotatable bonds is 6. The van der Waals surface area contributed by atoms with Crippen LogP contribution in [-0.2, 0) is 11.4 Å². The van der Waals surface area contributed by atoms with E-state index in [-0.39, 0.29) is 18.3 Å². The van der Waals surface area contributed by atoms with E-state index in [0.29, 0.717) is 15.0 Å². The molecule has 0 bridgehead atoms. The summed E-state index contributed by atoms with van der Waals surface area (Å²) < 4.78 is 20.5. The lowest BCUT2D eigenvalue weighted by Gasteiger charge is -2.17. The van der Waals surface area contributed by atoms with Gasteiger partial charge >= 0.3 is 0 Å². The third-order valence-corrected chi connectivity index (χ3v) is 6.78. The Balaban J connectivity index is 1.58. The van der Waals surface area contributed by atoms with Crippen molar-refractivity contribution in [3.05, 3.63) is 93.1 Å². The summed E-state index contributed by atoms with van der Waals surface area (Å²) in [5, 5.41) is 0. The van der Waals surface area contributed by atoms with Gasteiger partial charge in [0, 0.05) is 29.8 Å². The molecular formula is C25H20BrFN2O2S2. The van der Waals surface area contributed by atoms with E-state index in [2.05, 4.69) is 15.9 Å². The molecule has 1 heterocycles. The third-order valence-electron chi connectivity index (χ3n) is 4.98. The second-order valence-electron chi connectivity index (χ2n) is 7.53. The van der Waals surface area contributed by atoms with Crippen molar-refractivity contribution < 1.29 is 13.9 Å². The molecule has 8 heteroatoms. The van der Waals surface area contributed by atoms with Gasteiger partial charge in [0.15, 0.2) is 4.32 Å². The fraction of sp³-hybridized carbons (Fsp3) is 0.120.